The Hall–Kier alpha value is 0.799. The molecular weight excluding hydrogens is 263 g/mol. The SMILES string of the molecule is CCCC.CCC[CH2][Sn][CH2]CCC. The van der Waals surface area contributed by atoms with Crippen molar-refractivity contribution in [3.05, 3.63) is 0 Å². The molecule has 2 radical (unpaired) electrons. The van der Waals surface area contributed by atoms with Crippen LogP contribution >= 0.6 is 0 Å². The van der Waals surface area contributed by atoms with Crippen LogP contribution in [0.3, 0.4) is 0 Å². The van der Waals surface area contributed by atoms with Crippen molar-refractivity contribution in [3.8, 4) is 0 Å². The number of unbranched alkanes of at least 4 members (excludes halogenated alkanes) is 3. The fourth-order valence-electron chi connectivity index (χ4n) is 0.729. The summed E-state index contributed by atoms with van der Waals surface area (Å²) in [6.07, 6.45) is 8.48. The summed E-state index contributed by atoms with van der Waals surface area (Å²) in [6.45, 7) is 8.94. The Balaban J connectivity index is 0. The monoisotopic (exact) mass is 292 g/mol. The third-order valence-electron chi connectivity index (χ3n) is 1.91. The molecule has 0 unspecified atom stereocenters. The van der Waals surface area contributed by atoms with E-state index in [2.05, 4.69) is 27.7 Å². The van der Waals surface area contributed by atoms with E-state index in [1.165, 1.54) is 38.5 Å². The molecule has 13 heavy (non-hydrogen) atoms. The van der Waals surface area contributed by atoms with Crippen LogP contribution in [0, 0.1) is 0 Å². The fourth-order valence-corrected chi connectivity index (χ4v) is 4.89. The molecule has 0 bridgehead atoms. The van der Waals surface area contributed by atoms with Crippen LogP contribution in [-0.4, -0.2) is 21.1 Å². The molecular formula is C12H28Sn. The van der Waals surface area contributed by atoms with Crippen molar-refractivity contribution in [1.29, 1.82) is 0 Å². The first-order valence-electron chi connectivity index (χ1n) is 6.04. The molecule has 0 atom stereocenters. The van der Waals surface area contributed by atoms with Crippen LogP contribution in [0.25, 0.3) is 0 Å². The quantitative estimate of drug-likeness (QED) is 0.460. The first-order chi connectivity index (χ1) is 6.33. The number of hydrogen-bond donors (Lipinski definition) is 0. The summed E-state index contributed by atoms with van der Waals surface area (Å²) < 4.78 is 3.25. The van der Waals surface area contributed by atoms with Crippen molar-refractivity contribution in [2.24, 2.45) is 0 Å². The summed E-state index contributed by atoms with van der Waals surface area (Å²) in [4.78, 5) is 0. The van der Waals surface area contributed by atoms with Gasteiger partial charge in [0.25, 0.3) is 0 Å². The topological polar surface area (TPSA) is 0 Å². The van der Waals surface area contributed by atoms with Crippen LogP contribution in [-0.2, 0) is 0 Å². The zero-order valence-corrected chi connectivity index (χ0v) is 13.0. The Kier molecular flexibility index (Phi) is 23.2. The number of rotatable bonds is 7. The van der Waals surface area contributed by atoms with E-state index in [1.807, 2.05) is 0 Å². The van der Waals surface area contributed by atoms with Crippen molar-refractivity contribution < 1.29 is 0 Å². The van der Waals surface area contributed by atoms with Gasteiger partial charge < -0.3 is 0 Å². The Labute approximate surface area is 96.1 Å². The zero-order chi connectivity index (χ0) is 10.4. The van der Waals surface area contributed by atoms with E-state index >= 15 is 0 Å². The molecule has 1 heteroatoms. The maximum atomic E-state index is 2.29. The maximum absolute atomic E-state index is 2.29. The normalized spacial score (nSPS) is 9.23. The predicted molar refractivity (Wildman–Crippen MR) is 65.8 cm³/mol. The molecule has 0 aliphatic rings. The van der Waals surface area contributed by atoms with Crippen molar-refractivity contribution in [3.63, 3.8) is 0 Å². The average Bonchev–Trinajstić information content (AvgIpc) is 2.18. The van der Waals surface area contributed by atoms with Gasteiger partial charge >= 0.3 is 69.5 Å². The molecule has 0 aromatic rings. The molecule has 0 heterocycles. The van der Waals surface area contributed by atoms with E-state index in [1.54, 1.807) is 8.87 Å². The second-order valence-electron chi connectivity index (χ2n) is 3.46. The van der Waals surface area contributed by atoms with Crippen molar-refractivity contribution >= 4 is 21.1 Å². The van der Waals surface area contributed by atoms with Gasteiger partial charge in [-0.3, -0.25) is 0 Å². The van der Waals surface area contributed by atoms with Crippen LogP contribution in [0.4, 0.5) is 0 Å². The first-order valence-corrected chi connectivity index (χ1v) is 10.1. The van der Waals surface area contributed by atoms with E-state index < -0.39 is 0 Å². The van der Waals surface area contributed by atoms with Crippen molar-refractivity contribution in [1.82, 2.24) is 0 Å². The van der Waals surface area contributed by atoms with Gasteiger partial charge in [0.1, 0.15) is 0 Å². The summed E-state index contributed by atoms with van der Waals surface area (Å²) >= 11 is 0.149. The Morgan fingerprint density at radius 2 is 1.00 bits per heavy atom. The molecule has 0 saturated carbocycles. The van der Waals surface area contributed by atoms with E-state index in [0.29, 0.717) is 0 Å². The molecule has 0 aromatic heterocycles. The zero-order valence-electron chi connectivity index (χ0n) is 10.2. The van der Waals surface area contributed by atoms with Gasteiger partial charge in [0.15, 0.2) is 0 Å². The van der Waals surface area contributed by atoms with Crippen LogP contribution < -0.4 is 0 Å². The summed E-state index contributed by atoms with van der Waals surface area (Å²) in [5.41, 5.74) is 0. The molecule has 0 spiro atoms. The van der Waals surface area contributed by atoms with Gasteiger partial charge in [0, 0.05) is 0 Å². The molecule has 80 valence electrons. The Morgan fingerprint density at radius 1 is 0.615 bits per heavy atom. The van der Waals surface area contributed by atoms with Crippen molar-refractivity contribution in [2.75, 3.05) is 0 Å². The molecule has 0 fully saturated rings. The van der Waals surface area contributed by atoms with E-state index in [0.717, 1.165) is 0 Å². The van der Waals surface area contributed by atoms with E-state index in [9.17, 15) is 0 Å². The van der Waals surface area contributed by atoms with Gasteiger partial charge in [-0.1, -0.05) is 26.7 Å². The summed E-state index contributed by atoms with van der Waals surface area (Å²) in [5, 5.41) is 0. The minimum absolute atomic E-state index is 0.149. The third-order valence-corrected chi connectivity index (χ3v) is 5.95. The molecule has 0 amide bonds. The molecule has 0 aliphatic carbocycles. The minimum atomic E-state index is 0.149. The Bertz CT molecular complexity index is 54.1. The number of hydrogen-bond acceptors (Lipinski definition) is 0. The molecule has 0 rings (SSSR count). The Morgan fingerprint density at radius 3 is 1.23 bits per heavy atom. The molecule has 0 aromatic carbocycles. The van der Waals surface area contributed by atoms with Crippen LogP contribution in [0.1, 0.15) is 66.2 Å². The molecule has 0 saturated heterocycles. The van der Waals surface area contributed by atoms with Crippen molar-refractivity contribution in [2.45, 2.75) is 75.1 Å². The van der Waals surface area contributed by atoms with Gasteiger partial charge in [0.05, 0.1) is 0 Å². The average molecular weight is 291 g/mol. The van der Waals surface area contributed by atoms with Crippen LogP contribution in [0.5, 0.6) is 0 Å². The predicted octanol–water partition coefficient (Wildman–Crippen LogP) is 4.93. The molecule has 0 N–H and O–H groups in total. The third kappa shape index (κ3) is 24.5. The summed E-state index contributed by atoms with van der Waals surface area (Å²) in [7, 11) is 0. The second-order valence-corrected chi connectivity index (χ2v) is 7.74. The van der Waals surface area contributed by atoms with Gasteiger partial charge in [0.2, 0.25) is 0 Å². The second kappa shape index (κ2) is 18.6. The van der Waals surface area contributed by atoms with Gasteiger partial charge in [-0.05, 0) is 0 Å². The standard InChI is InChI=1S/C4H10.2C4H9.Sn/c3*1-3-4-2;/h3-4H2,1-2H3;2*1,3-4H2,2H3;. The van der Waals surface area contributed by atoms with Crippen LogP contribution in [0.15, 0.2) is 0 Å². The van der Waals surface area contributed by atoms with Gasteiger partial charge in [-0.25, -0.2) is 0 Å². The van der Waals surface area contributed by atoms with E-state index in [4.69, 9.17) is 0 Å². The summed E-state index contributed by atoms with van der Waals surface area (Å²) in [6, 6.07) is 0. The fraction of sp³-hybridized carbons (Fsp3) is 1.00. The molecule has 0 aliphatic heterocycles. The van der Waals surface area contributed by atoms with E-state index in [-0.39, 0.29) is 21.1 Å². The summed E-state index contributed by atoms with van der Waals surface area (Å²) in [5.74, 6) is 0. The molecule has 0 nitrogen and oxygen atoms in total. The first kappa shape index (κ1) is 16.2. The van der Waals surface area contributed by atoms with Gasteiger partial charge in [-0.15, -0.1) is 0 Å². The van der Waals surface area contributed by atoms with Crippen LogP contribution in [0.2, 0.25) is 8.87 Å². The van der Waals surface area contributed by atoms with Gasteiger partial charge in [-0.2, -0.15) is 0 Å².